The molecule has 0 heterocycles. The molecule has 0 spiro atoms. The summed E-state index contributed by atoms with van der Waals surface area (Å²) in [6.07, 6.45) is 65.2. The average molecular weight is 911 g/mol. The van der Waals surface area contributed by atoms with Crippen LogP contribution >= 0.6 is 0 Å². The lowest BCUT2D eigenvalue weighted by atomic mass is 10.0. The lowest BCUT2D eigenvalue weighted by molar-refractivity contribution is -0.167. The van der Waals surface area contributed by atoms with Crippen LogP contribution in [0.5, 0.6) is 0 Å². The number of rotatable bonds is 51. The maximum Gasteiger partial charge on any atom is 0.306 e. The fourth-order valence-corrected chi connectivity index (χ4v) is 8.10. The molecule has 65 heavy (non-hydrogen) atoms. The van der Waals surface area contributed by atoms with Crippen molar-refractivity contribution >= 4 is 17.9 Å². The van der Waals surface area contributed by atoms with Crippen molar-refractivity contribution in [1.29, 1.82) is 0 Å². The van der Waals surface area contributed by atoms with Gasteiger partial charge < -0.3 is 14.2 Å². The second-order valence-electron chi connectivity index (χ2n) is 18.8. The van der Waals surface area contributed by atoms with E-state index in [2.05, 4.69) is 69.4 Å². The molecule has 0 aliphatic heterocycles. The molecular formula is C59H106O6. The summed E-state index contributed by atoms with van der Waals surface area (Å²) >= 11 is 0. The van der Waals surface area contributed by atoms with E-state index in [1.807, 2.05) is 0 Å². The van der Waals surface area contributed by atoms with Gasteiger partial charge in [0.25, 0.3) is 0 Å². The Morgan fingerprint density at radius 2 is 0.600 bits per heavy atom. The van der Waals surface area contributed by atoms with Crippen molar-refractivity contribution in [3.8, 4) is 0 Å². The predicted octanol–water partition coefficient (Wildman–Crippen LogP) is 18.7. The molecule has 0 saturated heterocycles. The third kappa shape index (κ3) is 52.2. The zero-order valence-corrected chi connectivity index (χ0v) is 43.3. The van der Waals surface area contributed by atoms with Crippen molar-refractivity contribution < 1.29 is 28.6 Å². The predicted molar refractivity (Wildman–Crippen MR) is 279 cm³/mol. The van der Waals surface area contributed by atoms with Crippen LogP contribution in [0.1, 0.15) is 290 Å². The van der Waals surface area contributed by atoms with Gasteiger partial charge in [0.2, 0.25) is 0 Å². The molecule has 0 aromatic carbocycles. The van der Waals surface area contributed by atoms with Crippen LogP contribution in [0.3, 0.4) is 0 Å². The van der Waals surface area contributed by atoms with Gasteiger partial charge in [-0.25, -0.2) is 0 Å². The standard InChI is InChI=1S/C59H106O6/c1-4-7-10-13-16-19-22-25-28-29-32-35-38-41-44-47-50-53-59(62)65-56(54-63-57(60)51-48-45-42-39-36-33-30-26-23-20-17-14-11-8-5-2)55-64-58(61)52-49-46-43-40-37-34-31-27-24-21-18-15-12-9-6-3/h8,11,17,20-21,24,26,30,56H,4-7,9-10,12-16,18-19,22-23,25,27-29,31-55H2,1-3H3/b11-8-,20-17-,24-21-,30-26-/t56-/m1/s1. The summed E-state index contributed by atoms with van der Waals surface area (Å²) in [5.41, 5.74) is 0. The Kier molecular flexibility index (Phi) is 51.8. The van der Waals surface area contributed by atoms with Crippen molar-refractivity contribution in [2.24, 2.45) is 0 Å². The number of hydrogen-bond donors (Lipinski definition) is 0. The van der Waals surface area contributed by atoms with Gasteiger partial charge in [0.05, 0.1) is 0 Å². The van der Waals surface area contributed by atoms with E-state index in [1.165, 1.54) is 154 Å². The fourth-order valence-electron chi connectivity index (χ4n) is 8.10. The lowest BCUT2D eigenvalue weighted by Crippen LogP contribution is -2.30. The second-order valence-corrected chi connectivity index (χ2v) is 18.8. The summed E-state index contributed by atoms with van der Waals surface area (Å²) in [7, 11) is 0. The smallest absolute Gasteiger partial charge is 0.306 e. The minimum Gasteiger partial charge on any atom is -0.462 e. The number of carbonyl (C=O) groups is 3. The minimum atomic E-state index is -0.779. The molecule has 0 saturated carbocycles. The zero-order valence-electron chi connectivity index (χ0n) is 43.3. The van der Waals surface area contributed by atoms with Crippen molar-refractivity contribution in [2.75, 3.05) is 13.2 Å². The Bertz CT molecular complexity index is 1140. The van der Waals surface area contributed by atoms with Gasteiger partial charge in [0.1, 0.15) is 13.2 Å². The van der Waals surface area contributed by atoms with Gasteiger partial charge in [0.15, 0.2) is 6.10 Å². The van der Waals surface area contributed by atoms with Crippen molar-refractivity contribution in [2.45, 2.75) is 297 Å². The van der Waals surface area contributed by atoms with Crippen LogP contribution in [0, 0.1) is 0 Å². The molecule has 0 rings (SSSR count). The van der Waals surface area contributed by atoms with Gasteiger partial charge in [-0.2, -0.15) is 0 Å². The Balaban J connectivity index is 4.37. The summed E-state index contributed by atoms with van der Waals surface area (Å²) in [5.74, 6) is -0.886. The van der Waals surface area contributed by atoms with Crippen LogP contribution in [-0.4, -0.2) is 37.2 Å². The maximum atomic E-state index is 12.8. The topological polar surface area (TPSA) is 78.9 Å². The van der Waals surface area contributed by atoms with Crippen molar-refractivity contribution in [3.63, 3.8) is 0 Å². The third-order valence-electron chi connectivity index (χ3n) is 12.3. The third-order valence-corrected chi connectivity index (χ3v) is 12.3. The minimum absolute atomic E-state index is 0.0783. The first-order chi connectivity index (χ1) is 32.0. The van der Waals surface area contributed by atoms with E-state index in [4.69, 9.17) is 14.2 Å². The molecule has 0 fully saturated rings. The molecule has 0 bridgehead atoms. The van der Waals surface area contributed by atoms with Crippen LogP contribution in [0.15, 0.2) is 48.6 Å². The van der Waals surface area contributed by atoms with E-state index in [0.717, 1.165) is 96.3 Å². The number of allylic oxidation sites excluding steroid dienone is 8. The first-order valence-corrected chi connectivity index (χ1v) is 28.1. The van der Waals surface area contributed by atoms with E-state index in [1.54, 1.807) is 0 Å². The van der Waals surface area contributed by atoms with Crippen molar-refractivity contribution in [1.82, 2.24) is 0 Å². The quantitative estimate of drug-likeness (QED) is 0.0262. The molecule has 0 N–H and O–H groups in total. The van der Waals surface area contributed by atoms with Gasteiger partial charge in [-0.05, 0) is 77.0 Å². The zero-order chi connectivity index (χ0) is 47.2. The Hall–Kier alpha value is -2.63. The molecule has 0 aromatic heterocycles. The van der Waals surface area contributed by atoms with E-state index < -0.39 is 6.10 Å². The molecule has 0 aromatic rings. The van der Waals surface area contributed by atoms with Crippen LogP contribution in [-0.2, 0) is 28.6 Å². The summed E-state index contributed by atoms with van der Waals surface area (Å²) in [4.78, 5) is 38.1. The highest BCUT2D eigenvalue weighted by atomic mass is 16.6. The number of ether oxygens (including phenoxy) is 3. The number of unbranched alkanes of at least 4 members (excludes halogenated alkanes) is 32. The number of esters is 3. The lowest BCUT2D eigenvalue weighted by Gasteiger charge is -2.18. The average Bonchev–Trinajstić information content (AvgIpc) is 3.30. The van der Waals surface area contributed by atoms with E-state index >= 15 is 0 Å². The second kappa shape index (κ2) is 54.0. The highest BCUT2D eigenvalue weighted by Gasteiger charge is 2.19. The molecule has 0 aliphatic rings. The highest BCUT2D eigenvalue weighted by Crippen LogP contribution is 2.16. The largest absolute Gasteiger partial charge is 0.462 e. The normalized spacial score (nSPS) is 12.4. The summed E-state index contributed by atoms with van der Waals surface area (Å²) in [5, 5.41) is 0. The summed E-state index contributed by atoms with van der Waals surface area (Å²) < 4.78 is 16.8. The summed E-state index contributed by atoms with van der Waals surface area (Å²) in [6, 6.07) is 0. The van der Waals surface area contributed by atoms with Crippen molar-refractivity contribution in [3.05, 3.63) is 48.6 Å². The molecule has 378 valence electrons. The van der Waals surface area contributed by atoms with E-state index in [-0.39, 0.29) is 31.1 Å². The van der Waals surface area contributed by atoms with Crippen LogP contribution in [0.2, 0.25) is 0 Å². The van der Waals surface area contributed by atoms with Gasteiger partial charge >= 0.3 is 17.9 Å². The van der Waals surface area contributed by atoms with Gasteiger partial charge in [0, 0.05) is 19.3 Å². The fraction of sp³-hybridized carbons (Fsp3) is 0.814. The Morgan fingerprint density at radius 3 is 0.969 bits per heavy atom. The molecule has 1 atom stereocenters. The van der Waals surface area contributed by atoms with Gasteiger partial charge in [-0.3, -0.25) is 14.4 Å². The molecule has 0 radical (unpaired) electrons. The number of hydrogen-bond acceptors (Lipinski definition) is 6. The maximum absolute atomic E-state index is 12.8. The monoisotopic (exact) mass is 911 g/mol. The van der Waals surface area contributed by atoms with E-state index in [0.29, 0.717) is 19.3 Å². The SMILES string of the molecule is CC/C=C\C/C=C\C/C=C\CCCCCCCC(=O)OC[C@H](COC(=O)CCCCCCCCC/C=C\CCCCCC)OC(=O)CCCCCCCCCCCCCCCCCCC. The molecule has 0 amide bonds. The van der Waals surface area contributed by atoms with Crippen LogP contribution < -0.4 is 0 Å². The highest BCUT2D eigenvalue weighted by molar-refractivity contribution is 5.71. The number of carbonyl (C=O) groups excluding carboxylic acids is 3. The first-order valence-electron chi connectivity index (χ1n) is 28.1. The first kappa shape index (κ1) is 62.4. The molecule has 0 unspecified atom stereocenters. The molecule has 0 aliphatic carbocycles. The molecule has 6 heteroatoms. The van der Waals surface area contributed by atoms with Gasteiger partial charge in [-0.1, -0.05) is 243 Å². The summed E-state index contributed by atoms with van der Waals surface area (Å²) in [6.45, 7) is 6.53. The van der Waals surface area contributed by atoms with Crippen LogP contribution in [0.4, 0.5) is 0 Å². The Morgan fingerprint density at radius 1 is 0.323 bits per heavy atom. The Labute approximate surface area is 403 Å². The molecule has 6 nitrogen and oxygen atoms in total. The van der Waals surface area contributed by atoms with Crippen LogP contribution in [0.25, 0.3) is 0 Å². The van der Waals surface area contributed by atoms with E-state index in [9.17, 15) is 14.4 Å². The molecular weight excluding hydrogens is 805 g/mol. The van der Waals surface area contributed by atoms with Gasteiger partial charge in [-0.15, -0.1) is 0 Å².